The van der Waals surface area contributed by atoms with Gasteiger partial charge < -0.3 is 19.7 Å². The highest BCUT2D eigenvalue weighted by atomic mass is 32.2. The number of aryl methyl sites for hydroxylation is 1. The topological polar surface area (TPSA) is 67.9 Å². The van der Waals surface area contributed by atoms with Crippen LogP contribution < -0.4 is 14.8 Å². The van der Waals surface area contributed by atoms with Crippen molar-refractivity contribution in [2.45, 2.75) is 43.5 Å². The number of methoxy groups -OCH3 is 2. The van der Waals surface area contributed by atoms with E-state index < -0.39 is 10.8 Å². The first-order valence-corrected chi connectivity index (χ1v) is 10.7. The van der Waals surface area contributed by atoms with Crippen LogP contribution in [0.1, 0.15) is 46.3 Å². The average Bonchev–Trinajstić information content (AvgIpc) is 3.15. The molecule has 1 fully saturated rings. The molecule has 2 aliphatic heterocycles. The summed E-state index contributed by atoms with van der Waals surface area (Å²) in [6.07, 6.45) is 0. The molecule has 0 aromatic heterocycles. The lowest BCUT2D eigenvalue weighted by molar-refractivity contribution is -0.126. The van der Waals surface area contributed by atoms with Crippen molar-refractivity contribution < 1.29 is 19.1 Å². The summed E-state index contributed by atoms with van der Waals surface area (Å²) < 4.78 is 10.4. The quantitative estimate of drug-likeness (QED) is 0.790. The zero-order chi connectivity index (χ0) is 21.6. The van der Waals surface area contributed by atoms with Gasteiger partial charge >= 0.3 is 0 Å². The molecule has 1 saturated heterocycles. The van der Waals surface area contributed by atoms with Crippen molar-refractivity contribution in [2.75, 3.05) is 14.2 Å². The molecular formula is C23H26N2O4S. The van der Waals surface area contributed by atoms with Crippen LogP contribution in [0.15, 0.2) is 36.4 Å². The largest absolute Gasteiger partial charge is 0.493 e. The Balaban J connectivity index is 1.63. The van der Waals surface area contributed by atoms with Crippen LogP contribution in [0.5, 0.6) is 11.5 Å². The van der Waals surface area contributed by atoms with Crippen molar-refractivity contribution in [3.63, 3.8) is 0 Å². The van der Waals surface area contributed by atoms with E-state index in [1.165, 1.54) is 12.7 Å². The summed E-state index contributed by atoms with van der Waals surface area (Å²) in [6, 6.07) is 11.2. The highest BCUT2D eigenvalue weighted by molar-refractivity contribution is 8.01. The van der Waals surface area contributed by atoms with Gasteiger partial charge in [0.15, 0.2) is 11.5 Å². The molecule has 2 aliphatic rings. The van der Waals surface area contributed by atoms with Crippen molar-refractivity contribution >= 4 is 23.6 Å². The molecule has 0 radical (unpaired) electrons. The Bertz CT molecular complexity index is 1000. The summed E-state index contributed by atoms with van der Waals surface area (Å²) in [5.41, 5.74) is 3.55. The first-order chi connectivity index (χ1) is 14.3. The standard InChI is InChI=1S/C23H26N2O4S/c1-13-6-8-14(9-7-13)12-24-20(26)19-23(2,3)30-22-15-10-11-16(28-4)18(29-5)17(15)21(27)25(19)22/h6-11,19,22H,12H2,1-5H3,(H,24,26)/t19-,22-/m1/s1. The van der Waals surface area contributed by atoms with Gasteiger partial charge in [-0.05, 0) is 32.4 Å². The van der Waals surface area contributed by atoms with E-state index in [0.717, 1.165) is 11.1 Å². The lowest BCUT2D eigenvalue weighted by atomic mass is 10.0. The second-order valence-electron chi connectivity index (χ2n) is 8.16. The van der Waals surface area contributed by atoms with Crippen LogP contribution in [-0.2, 0) is 11.3 Å². The van der Waals surface area contributed by atoms with E-state index in [1.807, 2.05) is 57.2 Å². The lowest BCUT2D eigenvalue weighted by Crippen LogP contribution is -2.52. The minimum Gasteiger partial charge on any atom is -0.493 e. The summed E-state index contributed by atoms with van der Waals surface area (Å²) in [7, 11) is 3.07. The number of ether oxygens (including phenoxy) is 2. The third-order valence-corrected chi connectivity index (χ3v) is 7.27. The molecule has 0 unspecified atom stereocenters. The van der Waals surface area contributed by atoms with Gasteiger partial charge in [0.25, 0.3) is 5.91 Å². The van der Waals surface area contributed by atoms with E-state index in [0.29, 0.717) is 23.6 Å². The fourth-order valence-electron chi connectivity index (χ4n) is 4.25. The maximum Gasteiger partial charge on any atom is 0.260 e. The molecule has 2 aromatic rings. The van der Waals surface area contributed by atoms with Crippen molar-refractivity contribution in [1.29, 1.82) is 0 Å². The van der Waals surface area contributed by atoms with Crippen LogP contribution in [0.25, 0.3) is 0 Å². The number of carbonyl (C=O) groups excluding carboxylic acids is 2. The fourth-order valence-corrected chi connectivity index (χ4v) is 5.83. The van der Waals surface area contributed by atoms with E-state index in [-0.39, 0.29) is 17.2 Å². The van der Waals surface area contributed by atoms with Crippen LogP contribution >= 0.6 is 11.8 Å². The fraction of sp³-hybridized carbons (Fsp3) is 0.391. The predicted octanol–water partition coefficient (Wildman–Crippen LogP) is 3.68. The second kappa shape index (κ2) is 7.54. The third kappa shape index (κ3) is 3.21. The highest BCUT2D eigenvalue weighted by Gasteiger charge is 2.58. The number of carbonyl (C=O) groups is 2. The smallest absolute Gasteiger partial charge is 0.260 e. The Morgan fingerprint density at radius 1 is 1.13 bits per heavy atom. The van der Waals surface area contributed by atoms with Crippen molar-refractivity contribution in [1.82, 2.24) is 10.2 Å². The minimum absolute atomic E-state index is 0.150. The molecule has 2 atom stereocenters. The Labute approximate surface area is 180 Å². The number of nitrogens with one attached hydrogen (secondary N) is 1. The van der Waals surface area contributed by atoms with Gasteiger partial charge in [-0.3, -0.25) is 9.59 Å². The van der Waals surface area contributed by atoms with Crippen LogP contribution in [-0.4, -0.2) is 41.7 Å². The van der Waals surface area contributed by atoms with Crippen LogP contribution in [0.3, 0.4) is 0 Å². The Kier molecular flexibility index (Phi) is 5.18. The first kappa shape index (κ1) is 20.6. The summed E-state index contributed by atoms with van der Waals surface area (Å²) in [5.74, 6) is 0.587. The number of benzene rings is 2. The molecular weight excluding hydrogens is 400 g/mol. The van der Waals surface area contributed by atoms with Gasteiger partial charge in [-0.25, -0.2) is 0 Å². The summed E-state index contributed by atoms with van der Waals surface area (Å²) in [5, 5.41) is 2.80. The molecule has 0 saturated carbocycles. The minimum atomic E-state index is -0.589. The van der Waals surface area contributed by atoms with E-state index in [9.17, 15) is 9.59 Å². The zero-order valence-electron chi connectivity index (χ0n) is 17.8. The number of fused-ring (bicyclic) bond motifs is 3. The van der Waals surface area contributed by atoms with Gasteiger partial charge in [0.1, 0.15) is 11.4 Å². The van der Waals surface area contributed by atoms with Crippen LogP contribution in [0.2, 0.25) is 0 Å². The summed E-state index contributed by atoms with van der Waals surface area (Å²) in [4.78, 5) is 28.4. The number of nitrogens with zero attached hydrogens (tertiary/aromatic N) is 1. The zero-order valence-corrected chi connectivity index (χ0v) is 18.6. The molecule has 0 aliphatic carbocycles. The van der Waals surface area contributed by atoms with Gasteiger partial charge in [-0.15, -0.1) is 11.8 Å². The first-order valence-electron chi connectivity index (χ1n) is 9.87. The van der Waals surface area contributed by atoms with Crippen molar-refractivity contribution in [3.05, 3.63) is 58.7 Å². The van der Waals surface area contributed by atoms with E-state index in [2.05, 4.69) is 5.32 Å². The Morgan fingerprint density at radius 2 is 1.83 bits per heavy atom. The maximum absolute atomic E-state index is 13.4. The molecule has 2 heterocycles. The predicted molar refractivity (Wildman–Crippen MR) is 117 cm³/mol. The van der Waals surface area contributed by atoms with Crippen LogP contribution in [0, 0.1) is 6.92 Å². The molecule has 2 amide bonds. The summed E-state index contributed by atoms with van der Waals surface area (Å²) >= 11 is 1.63. The normalized spacial score (nSPS) is 21.2. The molecule has 0 bridgehead atoms. The molecule has 158 valence electrons. The van der Waals surface area contributed by atoms with Crippen molar-refractivity contribution in [2.24, 2.45) is 0 Å². The van der Waals surface area contributed by atoms with E-state index in [1.54, 1.807) is 23.8 Å². The van der Waals surface area contributed by atoms with Crippen LogP contribution in [0.4, 0.5) is 0 Å². The van der Waals surface area contributed by atoms with E-state index in [4.69, 9.17) is 9.47 Å². The summed E-state index contributed by atoms with van der Waals surface area (Å²) in [6.45, 7) is 6.48. The molecule has 30 heavy (non-hydrogen) atoms. The molecule has 6 nitrogen and oxygen atoms in total. The lowest BCUT2D eigenvalue weighted by Gasteiger charge is -2.29. The van der Waals surface area contributed by atoms with Gasteiger partial charge in [-0.1, -0.05) is 35.9 Å². The number of hydrogen-bond donors (Lipinski definition) is 1. The number of rotatable bonds is 5. The highest BCUT2D eigenvalue weighted by Crippen LogP contribution is 2.58. The van der Waals surface area contributed by atoms with E-state index >= 15 is 0 Å². The van der Waals surface area contributed by atoms with Gasteiger partial charge in [0, 0.05) is 16.9 Å². The molecule has 0 spiro atoms. The second-order valence-corrected chi connectivity index (χ2v) is 9.89. The van der Waals surface area contributed by atoms with Gasteiger partial charge in [0.2, 0.25) is 5.91 Å². The molecule has 4 rings (SSSR count). The number of amides is 2. The monoisotopic (exact) mass is 426 g/mol. The van der Waals surface area contributed by atoms with Gasteiger partial charge in [-0.2, -0.15) is 0 Å². The van der Waals surface area contributed by atoms with Crippen molar-refractivity contribution in [3.8, 4) is 11.5 Å². The molecule has 1 N–H and O–H groups in total. The Morgan fingerprint density at radius 3 is 2.47 bits per heavy atom. The SMILES string of the molecule is COc1ccc2c(c1OC)C(=O)N1[C@@H]2SC(C)(C)[C@H]1C(=O)NCc1ccc(C)cc1. The third-order valence-electron chi connectivity index (χ3n) is 5.73. The molecule has 7 heteroatoms. The van der Waals surface area contributed by atoms with Gasteiger partial charge in [0.05, 0.1) is 19.8 Å². The number of thioether (sulfide) groups is 1. The average molecular weight is 427 g/mol. The maximum atomic E-state index is 13.4. The molecule has 2 aromatic carbocycles. The Hall–Kier alpha value is -2.67. The number of hydrogen-bond acceptors (Lipinski definition) is 5.